The highest BCUT2D eigenvalue weighted by Gasteiger charge is 2.20. The first-order chi connectivity index (χ1) is 8.54. The van der Waals surface area contributed by atoms with E-state index in [0.29, 0.717) is 12.0 Å². The van der Waals surface area contributed by atoms with Crippen LogP contribution in [0.4, 0.5) is 5.13 Å². The van der Waals surface area contributed by atoms with Gasteiger partial charge in [-0.2, -0.15) is 0 Å². The average Bonchev–Trinajstić information content (AvgIpc) is 2.78. The summed E-state index contributed by atoms with van der Waals surface area (Å²) >= 11 is 1.53. The van der Waals surface area contributed by atoms with Crippen LogP contribution in [0.1, 0.15) is 68.7 Å². The van der Waals surface area contributed by atoms with Crippen molar-refractivity contribution >= 4 is 22.8 Å². The lowest BCUT2D eigenvalue weighted by atomic mass is 10.0. The lowest BCUT2D eigenvalue weighted by Gasteiger charge is -2.25. The third kappa shape index (κ3) is 3.31. The summed E-state index contributed by atoms with van der Waals surface area (Å²) in [5, 5.41) is 0.990. The second kappa shape index (κ2) is 6.88. The van der Waals surface area contributed by atoms with E-state index in [9.17, 15) is 4.79 Å². The van der Waals surface area contributed by atoms with Gasteiger partial charge in [-0.25, -0.2) is 4.98 Å². The molecule has 102 valence electrons. The minimum absolute atomic E-state index is 0.353. The Kier molecular flexibility index (Phi) is 5.79. The van der Waals surface area contributed by atoms with Crippen molar-refractivity contribution in [3.8, 4) is 0 Å². The highest BCUT2D eigenvalue weighted by molar-refractivity contribution is 7.17. The molecule has 0 aliphatic rings. The predicted octanol–water partition coefficient (Wildman–Crippen LogP) is 4.09. The zero-order valence-corrected chi connectivity index (χ0v) is 12.9. The summed E-state index contributed by atoms with van der Waals surface area (Å²) in [4.78, 5) is 18.9. The maximum absolute atomic E-state index is 11.2. The van der Waals surface area contributed by atoms with Crippen LogP contribution in [0.25, 0.3) is 0 Å². The van der Waals surface area contributed by atoms with Crippen molar-refractivity contribution in [1.29, 1.82) is 0 Å². The number of aldehydes is 1. The number of carbonyl (C=O) groups is 1. The molecule has 0 aromatic carbocycles. The first-order valence-corrected chi connectivity index (χ1v) is 7.59. The Morgan fingerprint density at radius 3 is 2.44 bits per heavy atom. The number of hydrogen-bond acceptors (Lipinski definition) is 4. The standard InChI is InChI=1S/C14H24N2OS/c1-6-8-16(10(3)4)14-15-13(11(5)7-2)12(9-17)18-14/h9-11H,6-8H2,1-5H3. The first-order valence-electron chi connectivity index (χ1n) is 6.77. The van der Waals surface area contributed by atoms with Gasteiger partial charge in [0, 0.05) is 12.6 Å². The third-order valence-electron chi connectivity index (χ3n) is 3.19. The van der Waals surface area contributed by atoms with Gasteiger partial charge in [0.05, 0.1) is 10.6 Å². The fraction of sp³-hybridized carbons (Fsp3) is 0.714. The summed E-state index contributed by atoms with van der Waals surface area (Å²) in [6.07, 6.45) is 3.05. The molecular formula is C14H24N2OS. The van der Waals surface area contributed by atoms with Crippen LogP contribution in [0, 0.1) is 0 Å². The van der Waals surface area contributed by atoms with Gasteiger partial charge in [-0.3, -0.25) is 4.79 Å². The normalized spacial score (nSPS) is 12.8. The zero-order chi connectivity index (χ0) is 13.7. The number of nitrogens with zero attached hydrogens (tertiary/aromatic N) is 2. The quantitative estimate of drug-likeness (QED) is 0.698. The Morgan fingerprint density at radius 1 is 1.33 bits per heavy atom. The average molecular weight is 268 g/mol. The number of aromatic nitrogens is 1. The van der Waals surface area contributed by atoms with Crippen LogP contribution in [0.3, 0.4) is 0 Å². The molecule has 0 radical (unpaired) electrons. The Hall–Kier alpha value is -0.900. The van der Waals surface area contributed by atoms with Gasteiger partial charge in [0.1, 0.15) is 0 Å². The van der Waals surface area contributed by atoms with Gasteiger partial charge >= 0.3 is 0 Å². The second-order valence-corrected chi connectivity index (χ2v) is 5.97. The van der Waals surface area contributed by atoms with E-state index < -0.39 is 0 Å². The van der Waals surface area contributed by atoms with Crippen LogP contribution in [-0.4, -0.2) is 23.9 Å². The van der Waals surface area contributed by atoms with Crippen molar-refractivity contribution in [2.45, 2.75) is 59.4 Å². The van der Waals surface area contributed by atoms with Crippen molar-refractivity contribution in [3.63, 3.8) is 0 Å². The SMILES string of the molecule is CCCN(c1nc(C(C)CC)c(C=O)s1)C(C)C. The van der Waals surface area contributed by atoms with Gasteiger partial charge in [-0.15, -0.1) is 0 Å². The molecule has 1 aromatic heterocycles. The highest BCUT2D eigenvalue weighted by atomic mass is 32.1. The number of thiazole rings is 1. The monoisotopic (exact) mass is 268 g/mol. The zero-order valence-electron chi connectivity index (χ0n) is 12.1. The fourth-order valence-corrected chi connectivity index (χ4v) is 3.06. The number of carbonyl (C=O) groups excluding carboxylic acids is 1. The molecule has 18 heavy (non-hydrogen) atoms. The Balaban J connectivity index is 3.09. The molecule has 0 saturated carbocycles. The Morgan fingerprint density at radius 2 is 2.00 bits per heavy atom. The fourth-order valence-electron chi connectivity index (χ4n) is 1.90. The molecule has 0 spiro atoms. The van der Waals surface area contributed by atoms with Crippen LogP contribution >= 0.6 is 11.3 Å². The van der Waals surface area contributed by atoms with Crippen LogP contribution in [-0.2, 0) is 0 Å². The molecule has 0 fully saturated rings. The molecule has 1 unspecified atom stereocenters. The maximum Gasteiger partial charge on any atom is 0.186 e. The molecule has 1 heterocycles. The first kappa shape index (κ1) is 15.2. The van der Waals surface area contributed by atoms with Crippen LogP contribution in [0.5, 0.6) is 0 Å². The molecular weight excluding hydrogens is 244 g/mol. The molecule has 0 bridgehead atoms. The molecule has 0 amide bonds. The largest absolute Gasteiger partial charge is 0.346 e. The molecule has 1 rings (SSSR count). The van der Waals surface area contributed by atoms with E-state index in [1.165, 1.54) is 11.3 Å². The minimum Gasteiger partial charge on any atom is -0.346 e. The van der Waals surface area contributed by atoms with E-state index in [0.717, 1.165) is 41.4 Å². The van der Waals surface area contributed by atoms with E-state index in [2.05, 4.69) is 39.5 Å². The van der Waals surface area contributed by atoms with Crippen LogP contribution in [0.15, 0.2) is 0 Å². The molecule has 0 aliphatic heterocycles. The molecule has 1 atom stereocenters. The van der Waals surface area contributed by atoms with E-state index in [1.807, 2.05) is 0 Å². The summed E-state index contributed by atoms with van der Waals surface area (Å²) in [5.74, 6) is 0.353. The lowest BCUT2D eigenvalue weighted by molar-refractivity contribution is 0.112. The van der Waals surface area contributed by atoms with Crippen LogP contribution in [0.2, 0.25) is 0 Å². The highest BCUT2D eigenvalue weighted by Crippen LogP contribution is 2.31. The van der Waals surface area contributed by atoms with Gasteiger partial charge in [0.25, 0.3) is 0 Å². The van der Waals surface area contributed by atoms with Crippen molar-refractivity contribution in [1.82, 2.24) is 4.98 Å². The molecule has 3 nitrogen and oxygen atoms in total. The van der Waals surface area contributed by atoms with Crippen molar-refractivity contribution in [2.24, 2.45) is 0 Å². The van der Waals surface area contributed by atoms with Crippen molar-refractivity contribution in [2.75, 3.05) is 11.4 Å². The summed E-state index contributed by atoms with van der Waals surface area (Å²) in [6.45, 7) is 11.7. The molecule has 1 aromatic rings. The van der Waals surface area contributed by atoms with Crippen LogP contribution < -0.4 is 4.90 Å². The van der Waals surface area contributed by atoms with Crippen molar-refractivity contribution in [3.05, 3.63) is 10.6 Å². The smallest absolute Gasteiger partial charge is 0.186 e. The second-order valence-electron chi connectivity index (χ2n) is 4.96. The van der Waals surface area contributed by atoms with Gasteiger partial charge in [0.15, 0.2) is 11.4 Å². The summed E-state index contributed by atoms with van der Waals surface area (Å²) < 4.78 is 0. The number of rotatable bonds is 7. The Bertz CT molecular complexity index is 387. The van der Waals surface area contributed by atoms with E-state index in [-0.39, 0.29) is 0 Å². The molecule has 0 saturated heterocycles. The lowest BCUT2D eigenvalue weighted by Crippen LogP contribution is -2.31. The minimum atomic E-state index is 0.353. The van der Waals surface area contributed by atoms with E-state index >= 15 is 0 Å². The third-order valence-corrected chi connectivity index (χ3v) is 4.22. The summed E-state index contributed by atoms with van der Waals surface area (Å²) in [5.41, 5.74) is 0.967. The summed E-state index contributed by atoms with van der Waals surface area (Å²) in [6, 6.07) is 0.417. The van der Waals surface area contributed by atoms with Gasteiger partial charge < -0.3 is 4.90 Å². The van der Waals surface area contributed by atoms with Gasteiger partial charge in [-0.1, -0.05) is 32.1 Å². The van der Waals surface area contributed by atoms with E-state index in [4.69, 9.17) is 4.98 Å². The van der Waals surface area contributed by atoms with Gasteiger partial charge in [-0.05, 0) is 32.6 Å². The van der Waals surface area contributed by atoms with Crippen molar-refractivity contribution < 1.29 is 4.79 Å². The topological polar surface area (TPSA) is 33.2 Å². The molecule has 4 heteroatoms. The number of anilines is 1. The van der Waals surface area contributed by atoms with Gasteiger partial charge in [0.2, 0.25) is 0 Å². The maximum atomic E-state index is 11.2. The predicted molar refractivity (Wildman–Crippen MR) is 79.0 cm³/mol. The number of hydrogen-bond donors (Lipinski definition) is 0. The molecule has 0 aliphatic carbocycles. The summed E-state index contributed by atoms with van der Waals surface area (Å²) in [7, 11) is 0. The molecule has 0 N–H and O–H groups in total. The Labute approximate surface area is 114 Å². The van der Waals surface area contributed by atoms with E-state index in [1.54, 1.807) is 0 Å².